The molecule has 0 spiro atoms. The largest absolute Gasteiger partial charge is 0.385 e. The molecule has 1 fully saturated rings. The van der Waals surface area contributed by atoms with Crippen molar-refractivity contribution < 1.29 is 14.4 Å². The Morgan fingerprint density at radius 3 is 2.67 bits per heavy atom. The monoisotopic (exact) mass is 294 g/mol. The molecule has 1 aromatic carbocycles. The predicted octanol–water partition coefficient (Wildman–Crippen LogP) is 3.10. The summed E-state index contributed by atoms with van der Waals surface area (Å²) in [5.74, 6) is -0.117. The molecule has 1 atom stereocenters. The molecule has 0 aromatic heterocycles. The third-order valence-corrected chi connectivity index (χ3v) is 3.68. The minimum absolute atomic E-state index is 0.117. The van der Waals surface area contributed by atoms with Crippen molar-refractivity contribution in [3.63, 3.8) is 0 Å². The molecule has 116 valence electrons. The van der Waals surface area contributed by atoms with Crippen LogP contribution in [0, 0.1) is 23.0 Å². The first-order chi connectivity index (χ1) is 9.89. The molecule has 1 N–H and O–H groups in total. The number of nitro groups is 1. The Balaban J connectivity index is 1.89. The van der Waals surface area contributed by atoms with Gasteiger partial charge in [-0.05, 0) is 31.4 Å². The second-order valence-electron chi connectivity index (χ2n) is 5.78. The molecule has 0 amide bonds. The molecule has 0 saturated carbocycles. The van der Waals surface area contributed by atoms with Crippen molar-refractivity contribution in [3.05, 3.63) is 33.9 Å². The summed E-state index contributed by atoms with van der Waals surface area (Å²) in [7, 11) is 0. The van der Waals surface area contributed by atoms with E-state index in [-0.39, 0.29) is 10.6 Å². The van der Waals surface area contributed by atoms with E-state index in [9.17, 15) is 10.1 Å². The second-order valence-corrected chi connectivity index (χ2v) is 5.78. The van der Waals surface area contributed by atoms with E-state index >= 15 is 0 Å². The van der Waals surface area contributed by atoms with Crippen LogP contribution >= 0.6 is 0 Å². The van der Waals surface area contributed by atoms with Gasteiger partial charge in [-0.1, -0.05) is 6.92 Å². The lowest BCUT2D eigenvalue weighted by Gasteiger charge is -2.26. The summed E-state index contributed by atoms with van der Waals surface area (Å²) in [6.07, 6.45) is 0.812. The molecule has 1 heterocycles. The van der Waals surface area contributed by atoms with Crippen LogP contribution in [-0.4, -0.2) is 30.5 Å². The zero-order chi connectivity index (χ0) is 15.5. The molecule has 1 aliphatic rings. The zero-order valence-corrected chi connectivity index (χ0v) is 12.7. The first kappa shape index (κ1) is 15.7. The van der Waals surface area contributed by atoms with E-state index in [4.69, 9.17) is 9.47 Å². The van der Waals surface area contributed by atoms with Crippen LogP contribution in [0.25, 0.3) is 0 Å². The number of anilines is 1. The van der Waals surface area contributed by atoms with Crippen LogP contribution in [0.3, 0.4) is 0 Å². The van der Waals surface area contributed by atoms with E-state index in [1.54, 1.807) is 12.1 Å². The Morgan fingerprint density at radius 1 is 1.43 bits per heavy atom. The van der Waals surface area contributed by atoms with E-state index in [2.05, 4.69) is 12.2 Å². The molecule has 0 aliphatic carbocycles. The molecule has 21 heavy (non-hydrogen) atoms. The summed E-state index contributed by atoms with van der Waals surface area (Å²) in [6.45, 7) is 8.03. The number of hydrogen-bond acceptors (Lipinski definition) is 5. The predicted molar refractivity (Wildman–Crippen MR) is 80.4 cm³/mol. The number of rotatable bonds is 6. The fourth-order valence-electron chi connectivity index (χ4n) is 2.62. The molecule has 1 aromatic rings. The summed E-state index contributed by atoms with van der Waals surface area (Å²) in [6, 6.07) is 4.85. The van der Waals surface area contributed by atoms with Crippen LogP contribution in [0.1, 0.15) is 25.8 Å². The van der Waals surface area contributed by atoms with Gasteiger partial charge in [0.15, 0.2) is 5.79 Å². The fraction of sp³-hybridized carbons (Fsp3) is 0.600. The summed E-state index contributed by atoms with van der Waals surface area (Å²) >= 11 is 0. The summed E-state index contributed by atoms with van der Waals surface area (Å²) < 4.78 is 11.2. The van der Waals surface area contributed by atoms with Gasteiger partial charge in [-0.2, -0.15) is 0 Å². The van der Waals surface area contributed by atoms with Crippen LogP contribution in [0.2, 0.25) is 0 Å². The van der Waals surface area contributed by atoms with Gasteiger partial charge in [-0.25, -0.2) is 0 Å². The van der Waals surface area contributed by atoms with Gasteiger partial charge in [0, 0.05) is 30.8 Å². The van der Waals surface area contributed by atoms with Gasteiger partial charge in [0.25, 0.3) is 5.69 Å². The van der Waals surface area contributed by atoms with Crippen molar-refractivity contribution >= 4 is 11.4 Å². The van der Waals surface area contributed by atoms with E-state index in [1.807, 2.05) is 13.8 Å². The van der Waals surface area contributed by atoms with E-state index in [1.165, 1.54) is 6.07 Å². The van der Waals surface area contributed by atoms with Gasteiger partial charge in [0.2, 0.25) is 0 Å². The van der Waals surface area contributed by atoms with Crippen LogP contribution in [0.4, 0.5) is 11.4 Å². The maximum atomic E-state index is 10.7. The quantitative estimate of drug-likeness (QED) is 0.644. The lowest BCUT2D eigenvalue weighted by molar-refractivity contribution is -0.384. The van der Waals surface area contributed by atoms with Crippen LogP contribution in [-0.2, 0) is 9.47 Å². The fourth-order valence-corrected chi connectivity index (χ4v) is 2.62. The standard InChI is InChI=1S/C15H22N2O4/c1-11(9-15(3)20-6-7-21-15)10-16-14-5-4-13(17(18)19)8-12(14)2/h4-5,8,11,16H,6-7,9-10H2,1-3H3. The highest BCUT2D eigenvalue weighted by Crippen LogP contribution is 2.27. The van der Waals surface area contributed by atoms with Crippen molar-refractivity contribution in [2.45, 2.75) is 33.0 Å². The highest BCUT2D eigenvalue weighted by molar-refractivity contribution is 5.55. The van der Waals surface area contributed by atoms with Crippen LogP contribution in [0.5, 0.6) is 0 Å². The van der Waals surface area contributed by atoms with Crippen LogP contribution in [0.15, 0.2) is 18.2 Å². The number of benzene rings is 1. The van der Waals surface area contributed by atoms with Crippen molar-refractivity contribution in [1.82, 2.24) is 0 Å². The van der Waals surface area contributed by atoms with Crippen molar-refractivity contribution in [2.24, 2.45) is 5.92 Å². The van der Waals surface area contributed by atoms with Gasteiger partial charge < -0.3 is 14.8 Å². The number of nitrogens with zero attached hydrogens (tertiary/aromatic N) is 1. The summed E-state index contributed by atoms with van der Waals surface area (Å²) in [5.41, 5.74) is 1.91. The molecule has 1 aliphatic heterocycles. The van der Waals surface area contributed by atoms with Crippen molar-refractivity contribution in [1.29, 1.82) is 0 Å². The Kier molecular flexibility index (Phi) is 4.80. The lowest BCUT2D eigenvalue weighted by atomic mass is 10.0. The zero-order valence-electron chi connectivity index (χ0n) is 12.7. The Hall–Kier alpha value is -1.66. The lowest BCUT2D eigenvalue weighted by Crippen LogP contribution is -2.30. The topological polar surface area (TPSA) is 73.6 Å². The Morgan fingerprint density at radius 2 is 2.10 bits per heavy atom. The minimum atomic E-state index is -0.481. The average molecular weight is 294 g/mol. The third-order valence-electron chi connectivity index (χ3n) is 3.68. The van der Waals surface area contributed by atoms with Gasteiger partial charge in [-0.15, -0.1) is 0 Å². The number of nitro benzene ring substituents is 1. The first-order valence-corrected chi connectivity index (χ1v) is 7.16. The highest BCUT2D eigenvalue weighted by Gasteiger charge is 2.32. The number of non-ortho nitro benzene ring substituents is 1. The SMILES string of the molecule is Cc1cc([N+](=O)[O-])ccc1NCC(C)CC1(C)OCCO1. The van der Waals surface area contributed by atoms with Crippen molar-refractivity contribution in [3.8, 4) is 0 Å². The maximum Gasteiger partial charge on any atom is 0.269 e. The van der Waals surface area contributed by atoms with E-state index in [0.717, 1.165) is 24.2 Å². The number of ether oxygens (including phenoxy) is 2. The first-order valence-electron chi connectivity index (χ1n) is 7.16. The summed E-state index contributed by atoms with van der Waals surface area (Å²) in [4.78, 5) is 10.3. The van der Waals surface area contributed by atoms with Crippen molar-refractivity contribution in [2.75, 3.05) is 25.1 Å². The van der Waals surface area contributed by atoms with Gasteiger partial charge in [0.05, 0.1) is 18.1 Å². The number of nitrogens with one attached hydrogen (secondary N) is 1. The number of hydrogen-bond donors (Lipinski definition) is 1. The maximum absolute atomic E-state index is 10.7. The van der Waals surface area contributed by atoms with Gasteiger partial charge >= 0.3 is 0 Å². The average Bonchev–Trinajstić information content (AvgIpc) is 2.83. The minimum Gasteiger partial charge on any atom is -0.385 e. The number of aryl methyl sites for hydroxylation is 1. The second kappa shape index (κ2) is 6.41. The Bertz CT molecular complexity index is 512. The molecule has 2 rings (SSSR count). The molecular formula is C15H22N2O4. The Labute approximate surface area is 124 Å². The molecule has 0 bridgehead atoms. The van der Waals surface area contributed by atoms with E-state index < -0.39 is 5.79 Å². The smallest absolute Gasteiger partial charge is 0.269 e. The highest BCUT2D eigenvalue weighted by atomic mass is 16.7. The third kappa shape index (κ3) is 4.15. The molecule has 1 saturated heterocycles. The van der Waals surface area contributed by atoms with E-state index in [0.29, 0.717) is 19.1 Å². The molecular weight excluding hydrogens is 272 g/mol. The molecule has 0 radical (unpaired) electrons. The molecule has 6 heteroatoms. The molecule has 6 nitrogen and oxygen atoms in total. The normalized spacial score (nSPS) is 18.4. The summed E-state index contributed by atoms with van der Waals surface area (Å²) in [5, 5.41) is 14.1. The van der Waals surface area contributed by atoms with Gasteiger partial charge in [-0.3, -0.25) is 10.1 Å². The van der Waals surface area contributed by atoms with Crippen LogP contribution < -0.4 is 5.32 Å². The van der Waals surface area contributed by atoms with Gasteiger partial charge in [0.1, 0.15) is 0 Å². The molecule has 1 unspecified atom stereocenters.